The van der Waals surface area contributed by atoms with Crippen molar-refractivity contribution in [3.63, 3.8) is 0 Å². The molecular formula is C20H17ClFNO3S. The van der Waals surface area contributed by atoms with E-state index in [1.165, 1.54) is 23.5 Å². The molecule has 0 atom stereocenters. The lowest BCUT2D eigenvalue weighted by Gasteiger charge is -2.11. The number of halogens is 2. The number of thiazole rings is 1. The van der Waals surface area contributed by atoms with E-state index in [9.17, 15) is 9.18 Å². The lowest BCUT2D eigenvalue weighted by molar-refractivity contribution is 0.0525. The minimum absolute atomic E-state index is 0.285. The van der Waals surface area contributed by atoms with Crippen molar-refractivity contribution in [1.29, 1.82) is 0 Å². The second-order valence-corrected chi connectivity index (χ2v) is 7.00. The lowest BCUT2D eigenvalue weighted by atomic mass is 10.1. The first-order valence-corrected chi connectivity index (χ1v) is 9.58. The molecule has 0 aliphatic heterocycles. The fourth-order valence-electron chi connectivity index (χ4n) is 2.44. The molecular weight excluding hydrogens is 389 g/mol. The van der Waals surface area contributed by atoms with Crippen molar-refractivity contribution in [3.8, 4) is 5.75 Å². The topological polar surface area (TPSA) is 48.4 Å². The third-order valence-corrected chi connectivity index (χ3v) is 4.81. The normalized spacial score (nSPS) is 10.6. The van der Waals surface area contributed by atoms with Crippen LogP contribution in [0.4, 0.5) is 4.39 Å². The predicted octanol–water partition coefficient (Wildman–Crippen LogP) is 5.28. The molecule has 0 unspecified atom stereocenters. The number of esters is 1. The van der Waals surface area contributed by atoms with Gasteiger partial charge in [-0.05, 0) is 42.8 Å². The summed E-state index contributed by atoms with van der Waals surface area (Å²) in [7, 11) is 0. The van der Waals surface area contributed by atoms with E-state index in [0.29, 0.717) is 35.4 Å². The molecule has 0 saturated heterocycles. The molecule has 0 spiro atoms. The summed E-state index contributed by atoms with van der Waals surface area (Å²) >= 11 is 7.37. The van der Waals surface area contributed by atoms with Gasteiger partial charge in [-0.3, -0.25) is 0 Å². The second kappa shape index (κ2) is 8.97. The first kappa shape index (κ1) is 19.3. The van der Waals surface area contributed by atoms with Gasteiger partial charge in [-0.1, -0.05) is 23.7 Å². The molecule has 1 heterocycles. The summed E-state index contributed by atoms with van der Waals surface area (Å²) in [6.45, 7) is 2.37. The minimum atomic E-state index is -0.423. The van der Waals surface area contributed by atoms with Crippen LogP contribution in [0.2, 0.25) is 5.02 Å². The lowest BCUT2D eigenvalue weighted by Crippen LogP contribution is -2.04. The van der Waals surface area contributed by atoms with Crippen molar-refractivity contribution in [3.05, 3.63) is 80.5 Å². The van der Waals surface area contributed by atoms with E-state index in [4.69, 9.17) is 21.1 Å². The standard InChI is InChI=1S/C20H17ClFNO3S/c1-2-25-20(24)19-23-17(12-27-19)10-14-9-15(21)5-8-18(14)26-11-13-3-6-16(22)7-4-13/h3-9,12H,2,10-11H2,1H3. The second-order valence-electron chi connectivity index (χ2n) is 5.71. The molecule has 0 radical (unpaired) electrons. The molecule has 0 amide bonds. The maximum atomic E-state index is 13.0. The van der Waals surface area contributed by atoms with Gasteiger partial charge in [0, 0.05) is 22.4 Å². The number of hydrogen-bond donors (Lipinski definition) is 0. The maximum Gasteiger partial charge on any atom is 0.367 e. The van der Waals surface area contributed by atoms with Crippen LogP contribution in [0.15, 0.2) is 47.8 Å². The molecule has 27 heavy (non-hydrogen) atoms. The Kier molecular flexibility index (Phi) is 6.42. The van der Waals surface area contributed by atoms with Crippen molar-refractivity contribution >= 4 is 28.9 Å². The number of nitrogens with zero attached hydrogens (tertiary/aromatic N) is 1. The number of hydrogen-bond acceptors (Lipinski definition) is 5. The van der Waals surface area contributed by atoms with Gasteiger partial charge in [0.05, 0.1) is 12.3 Å². The highest BCUT2D eigenvalue weighted by atomic mass is 35.5. The smallest absolute Gasteiger partial charge is 0.367 e. The Morgan fingerprint density at radius 1 is 1.22 bits per heavy atom. The van der Waals surface area contributed by atoms with E-state index < -0.39 is 5.97 Å². The van der Waals surface area contributed by atoms with Crippen LogP contribution in [0.3, 0.4) is 0 Å². The summed E-state index contributed by atoms with van der Waals surface area (Å²) in [5, 5.41) is 2.72. The van der Waals surface area contributed by atoms with Crippen LogP contribution >= 0.6 is 22.9 Å². The summed E-state index contributed by atoms with van der Waals surface area (Å²) in [6.07, 6.45) is 0.467. The van der Waals surface area contributed by atoms with Gasteiger partial charge in [0.2, 0.25) is 5.01 Å². The van der Waals surface area contributed by atoms with Crippen LogP contribution in [-0.2, 0) is 17.8 Å². The summed E-state index contributed by atoms with van der Waals surface area (Å²) in [5.74, 6) is -0.0473. The molecule has 0 N–H and O–H groups in total. The molecule has 2 aromatic carbocycles. The van der Waals surface area contributed by atoms with Crippen molar-refractivity contribution in [2.75, 3.05) is 6.61 Å². The Labute approximate surface area is 165 Å². The van der Waals surface area contributed by atoms with Crippen LogP contribution in [0.5, 0.6) is 5.75 Å². The van der Waals surface area contributed by atoms with Crippen LogP contribution in [-0.4, -0.2) is 17.6 Å². The first-order chi connectivity index (χ1) is 13.0. The van der Waals surface area contributed by atoms with Gasteiger partial charge in [-0.2, -0.15) is 0 Å². The molecule has 0 bridgehead atoms. The molecule has 3 aromatic rings. The largest absolute Gasteiger partial charge is 0.489 e. The van der Waals surface area contributed by atoms with Gasteiger partial charge >= 0.3 is 5.97 Å². The van der Waals surface area contributed by atoms with Gasteiger partial charge in [-0.25, -0.2) is 14.2 Å². The van der Waals surface area contributed by atoms with Crippen molar-refractivity contribution in [1.82, 2.24) is 4.98 Å². The number of rotatable bonds is 7. The summed E-state index contributed by atoms with van der Waals surface area (Å²) in [5.41, 5.74) is 2.44. The molecule has 0 aliphatic rings. The summed E-state index contributed by atoms with van der Waals surface area (Å²) in [4.78, 5) is 16.1. The third kappa shape index (κ3) is 5.28. The fourth-order valence-corrected chi connectivity index (χ4v) is 3.34. The number of benzene rings is 2. The van der Waals surface area contributed by atoms with Gasteiger partial charge in [0.15, 0.2) is 0 Å². The Balaban J connectivity index is 1.74. The van der Waals surface area contributed by atoms with E-state index in [1.54, 1.807) is 31.2 Å². The average Bonchev–Trinajstić information content (AvgIpc) is 3.11. The fraction of sp³-hybridized carbons (Fsp3) is 0.200. The van der Waals surface area contributed by atoms with Gasteiger partial charge in [0.25, 0.3) is 0 Å². The van der Waals surface area contributed by atoms with Gasteiger partial charge in [0.1, 0.15) is 18.2 Å². The van der Waals surface area contributed by atoms with Gasteiger partial charge in [-0.15, -0.1) is 11.3 Å². The van der Waals surface area contributed by atoms with E-state index in [-0.39, 0.29) is 5.82 Å². The van der Waals surface area contributed by atoms with Gasteiger partial charge < -0.3 is 9.47 Å². The van der Waals surface area contributed by atoms with Crippen molar-refractivity contribution in [2.45, 2.75) is 20.0 Å². The zero-order valence-corrected chi connectivity index (χ0v) is 16.1. The molecule has 0 aliphatic carbocycles. The van der Waals surface area contributed by atoms with Crippen LogP contribution in [0, 0.1) is 5.82 Å². The zero-order valence-electron chi connectivity index (χ0n) is 14.6. The number of carbonyl (C=O) groups is 1. The molecule has 3 rings (SSSR count). The van der Waals surface area contributed by atoms with Crippen LogP contribution in [0.25, 0.3) is 0 Å². The third-order valence-electron chi connectivity index (χ3n) is 3.70. The minimum Gasteiger partial charge on any atom is -0.489 e. The molecule has 1 aromatic heterocycles. The molecule has 4 nitrogen and oxygen atoms in total. The first-order valence-electron chi connectivity index (χ1n) is 8.32. The zero-order chi connectivity index (χ0) is 19.2. The van der Waals surface area contributed by atoms with E-state index in [1.807, 2.05) is 11.4 Å². The Morgan fingerprint density at radius 2 is 2.00 bits per heavy atom. The Bertz CT molecular complexity index is 927. The van der Waals surface area contributed by atoms with E-state index in [0.717, 1.165) is 16.8 Å². The molecule has 0 fully saturated rings. The number of aromatic nitrogens is 1. The average molecular weight is 406 g/mol. The van der Waals surface area contributed by atoms with E-state index in [2.05, 4.69) is 4.98 Å². The SMILES string of the molecule is CCOC(=O)c1nc(Cc2cc(Cl)ccc2OCc2ccc(F)cc2)cs1. The monoisotopic (exact) mass is 405 g/mol. The Morgan fingerprint density at radius 3 is 2.74 bits per heavy atom. The highest BCUT2D eigenvalue weighted by molar-refractivity contribution is 7.11. The number of ether oxygens (including phenoxy) is 2. The van der Waals surface area contributed by atoms with E-state index >= 15 is 0 Å². The quantitative estimate of drug-likeness (QED) is 0.501. The molecule has 7 heteroatoms. The molecule has 140 valence electrons. The summed E-state index contributed by atoms with van der Waals surface area (Å²) in [6, 6.07) is 11.5. The Hall–Kier alpha value is -2.44. The maximum absolute atomic E-state index is 13.0. The van der Waals surface area contributed by atoms with Crippen molar-refractivity contribution < 1.29 is 18.7 Å². The van der Waals surface area contributed by atoms with Crippen molar-refractivity contribution in [2.24, 2.45) is 0 Å². The predicted molar refractivity (Wildman–Crippen MR) is 103 cm³/mol. The number of carbonyl (C=O) groups excluding carboxylic acids is 1. The summed E-state index contributed by atoms with van der Waals surface area (Å²) < 4.78 is 23.9. The highest BCUT2D eigenvalue weighted by Gasteiger charge is 2.14. The molecule has 0 saturated carbocycles. The highest BCUT2D eigenvalue weighted by Crippen LogP contribution is 2.27. The van der Waals surface area contributed by atoms with Crippen LogP contribution < -0.4 is 4.74 Å². The van der Waals surface area contributed by atoms with Crippen LogP contribution in [0.1, 0.15) is 33.5 Å².